The van der Waals surface area contributed by atoms with Crippen LogP contribution in [-0.2, 0) is 0 Å². The van der Waals surface area contributed by atoms with E-state index in [1.54, 1.807) is 0 Å². The third kappa shape index (κ3) is 4.14. The van der Waals surface area contributed by atoms with Crippen molar-refractivity contribution in [1.29, 1.82) is 0 Å². The molecule has 1 aliphatic heterocycles. The van der Waals surface area contributed by atoms with Gasteiger partial charge in [0.2, 0.25) is 0 Å². The number of aromatic nitrogens is 3. The molecule has 0 unspecified atom stereocenters. The van der Waals surface area contributed by atoms with Gasteiger partial charge in [-0.05, 0) is 62.2 Å². The fourth-order valence-electron chi connectivity index (χ4n) is 4.14. The third-order valence-electron chi connectivity index (χ3n) is 6.23. The van der Waals surface area contributed by atoms with Crippen molar-refractivity contribution in [2.75, 3.05) is 23.7 Å². The third-order valence-corrected chi connectivity index (χ3v) is 6.23. The van der Waals surface area contributed by atoms with Gasteiger partial charge in [0, 0.05) is 28.9 Å². The Labute approximate surface area is 177 Å². The molecule has 3 N–H and O–H groups in total. The van der Waals surface area contributed by atoms with E-state index in [-0.39, 0.29) is 0 Å². The lowest BCUT2D eigenvalue weighted by Crippen LogP contribution is -2.35. The average molecular weight is 401 g/mol. The molecule has 2 fully saturated rings. The summed E-state index contributed by atoms with van der Waals surface area (Å²) in [5.74, 6) is 2.27. The van der Waals surface area contributed by atoms with E-state index in [9.17, 15) is 0 Å². The number of piperidine rings is 1. The summed E-state index contributed by atoms with van der Waals surface area (Å²) in [4.78, 5) is 13.8. The minimum absolute atomic E-state index is 0.455. The Balaban J connectivity index is 1.37. The molecular formula is C24H28N6. The molecule has 6 nitrogen and oxygen atoms in total. The smallest absolute Gasteiger partial charge is 0.145 e. The molecule has 3 aromatic rings. The Kier molecular flexibility index (Phi) is 5.32. The zero-order chi connectivity index (χ0) is 20.3. The van der Waals surface area contributed by atoms with Crippen LogP contribution in [0.5, 0.6) is 0 Å². The van der Waals surface area contributed by atoms with Crippen LogP contribution >= 0.6 is 0 Å². The highest BCUT2D eigenvalue weighted by Gasteiger charge is 2.20. The monoisotopic (exact) mass is 400 g/mol. The zero-order valence-electron chi connectivity index (χ0n) is 17.2. The highest BCUT2D eigenvalue weighted by molar-refractivity contribution is 5.88. The van der Waals surface area contributed by atoms with Crippen LogP contribution in [0.15, 0.2) is 55.1 Å². The van der Waals surface area contributed by atoms with Gasteiger partial charge in [0.05, 0.1) is 18.1 Å². The van der Waals surface area contributed by atoms with E-state index in [1.165, 1.54) is 19.3 Å². The lowest BCUT2D eigenvalue weighted by atomic mass is 9.83. The fourth-order valence-corrected chi connectivity index (χ4v) is 4.14. The lowest BCUT2D eigenvalue weighted by Gasteiger charge is -2.27. The lowest BCUT2D eigenvalue weighted by molar-refractivity contribution is 0.370. The molecule has 0 radical (unpaired) electrons. The predicted octanol–water partition coefficient (Wildman–Crippen LogP) is 4.58. The summed E-state index contributed by atoms with van der Waals surface area (Å²) >= 11 is 0. The number of fused-ring (bicyclic) bond motifs is 1. The SMILES string of the molecule is C=C(Nc1cc2cc(-c3cncc(NC4CCNCC4)n3)ccc2cn1)C1CCC1. The minimum Gasteiger partial charge on any atom is -0.366 e. The highest BCUT2D eigenvalue weighted by atomic mass is 15.1. The van der Waals surface area contributed by atoms with E-state index in [4.69, 9.17) is 4.98 Å². The van der Waals surface area contributed by atoms with Crippen LogP contribution < -0.4 is 16.0 Å². The largest absolute Gasteiger partial charge is 0.366 e. The van der Waals surface area contributed by atoms with E-state index in [0.717, 1.165) is 65.3 Å². The van der Waals surface area contributed by atoms with Crippen molar-refractivity contribution in [2.24, 2.45) is 5.92 Å². The molecule has 5 rings (SSSR count). The Hall–Kier alpha value is -2.99. The second-order valence-electron chi connectivity index (χ2n) is 8.37. The first-order chi connectivity index (χ1) is 14.7. The van der Waals surface area contributed by atoms with Crippen LogP contribution in [0.4, 0.5) is 11.6 Å². The molecule has 6 heteroatoms. The van der Waals surface area contributed by atoms with Gasteiger partial charge >= 0.3 is 0 Å². The summed E-state index contributed by atoms with van der Waals surface area (Å²) in [5.41, 5.74) is 3.01. The van der Waals surface area contributed by atoms with Crippen molar-refractivity contribution in [3.8, 4) is 11.3 Å². The molecule has 0 bridgehead atoms. The first-order valence-corrected chi connectivity index (χ1v) is 10.9. The fraction of sp³-hybridized carbons (Fsp3) is 0.375. The van der Waals surface area contributed by atoms with E-state index >= 15 is 0 Å². The average Bonchev–Trinajstić information content (AvgIpc) is 2.73. The molecule has 154 valence electrons. The zero-order valence-corrected chi connectivity index (χ0v) is 17.2. The van der Waals surface area contributed by atoms with Gasteiger partial charge in [-0.3, -0.25) is 4.98 Å². The topological polar surface area (TPSA) is 74.8 Å². The molecule has 2 aliphatic rings. The molecule has 1 saturated heterocycles. The standard InChI is InChI=1S/C24H28N6/c1-16(17-3-2-4-17)28-23-12-20-11-18(5-6-19(20)13-27-23)22-14-26-15-24(30-22)29-21-7-9-25-10-8-21/h5-6,11-15,17,21,25H,1-4,7-10H2,(H,27,28)(H,29,30). The molecule has 1 aromatic carbocycles. The number of hydrogen-bond acceptors (Lipinski definition) is 6. The van der Waals surface area contributed by atoms with Gasteiger partial charge in [0.15, 0.2) is 0 Å². The maximum absolute atomic E-state index is 4.82. The highest BCUT2D eigenvalue weighted by Crippen LogP contribution is 2.33. The number of pyridine rings is 1. The second kappa shape index (κ2) is 8.40. The number of nitrogens with one attached hydrogen (secondary N) is 3. The van der Waals surface area contributed by atoms with E-state index in [0.29, 0.717) is 12.0 Å². The number of anilines is 2. The second-order valence-corrected chi connectivity index (χ2v) is 8.37. The van der Waals surface area contributed by atoms with Gasteiger partial charge in [0.1, 0.15) is 11.6 Å². The van der Waals surface area contributed by atoms with Crippen molar-refractivity contribution in [2.45, 2.75) is 38.1 Å². The number of hydrogen-bond donors (Lipinski definition) is 3. The first-order valence-electron chi connectivity index (χ1n) is 10.9. The van der Waals surface area contributed by atoms with E-state index < -0.39 is 0 Å². The molecule has 0 atom stereocenters. The Morgan fingerprint density at radius 3 is 2.63 bits per heavy atom. The summed E-state index contributed by atoms with van der Waals surface area (Å²) in [6.07, 6.45) is 11.5. The van der Waals surface area contributed by atoms with Crippen molar-refractivity contribution < 1.29 is 0 Å². The summed E-state index contributed by atoms with van der Waals surface area (Å²) in [6, 6.07) is 8.88. The number of benzene rings is 1. The first kappa shape index (κ1) is 19.0. The molecule has 0 spiro atoms. The van der Waals surface area contributed by atoms with E-state index in [1.807, 2.05) is 18.6 Å². The van der Waals surface area contributed by atoms with Gasteiger partial charge in [-0.2, -0.15) is 0 Å². The maximum atomic E-state index is 4.82. The quantitative estimate of drug-likeness (QED) is 0.562. The molecule has 30 heavy (non-hydrogen) atoms. The van der Waals surface area contributed by atoms with Gasteiger partial charge in [-0.15, -0.1) is 0 Å². The molecule has 1 saturated carbocycles. The van der Waals surface area contributed by atoms with Gasteiger partial charge in [-0.25, -0.2) is 9.97 Å². The molecular weight excluding hydrogens is 372 g/mol. The van der Waals surface area contributed by atoms with Crippen molar-refractivity contribution in [3.63, 3.8) is 0 Å². The Bertz CT molecular complexity index is 1050. The summed E-state index contributed by atoms with van der Waals surface area (Å²) < 4.78 is 0. The van der Waals surface area contributed by atoms with Gasteiger partial charge in [0.25, 0.3) is 0 Å². The molecule has 2 aromatic heterocycles. The van der Waals surface area contributed by atoms with Crippen LogP contribution in [0.1, 0.15) is 32.1 Å². The minimum atomic E-state index is 0.455. The predicted molar refractivity (Wildman–Crippen MR) is 122 cm³/mol. The number of allylic oxidation sites excluding steroid dienone is 1. The summed E-state index contributed by atoms with van der Waals surface area (Å²) in [7, 11) is 0. The van der Waals surface area contributed by atoms with Crippen LogP contribution in [0.2, 0.25) is 0 Å². The van der Waals surface area contributed by atoms with Crippen molar-refractivity contribution >= 4 is 22.4 Å². The van der Waals surface area contributed by atoms with Crippen molar-refractivity contribution in [1.82, 2.24) is 20.3 Å². The van der Waals surface area contributed by atoms with Gasteiger partial charge in [-0.1, -0.05) is 25.1 Å². The van der Waals surface area contributed by atoms with E-state index in [2.05, 4.69) is 56.8 Å². The molecule has 0 amide bonds. The van der Waals surface area contributed by atoms with Crippen LogP contribution in [-0.4, -0.2) is 34.1 Å². The Morgan fingerprint density at radius 1 is 0.967 bits per heavy atom. The van der Waals surface area contributed by atoms with Gasteiger partial charge < -0.3 is 16.0 Å². The number of rotatable bonds is 6. The maximum Gasteiger partial charge on any atom is 0.145 e. The van der Waals surface area contributed by atoms with Crippen LogP contribution in [0.3, 0.4) is 0 Å². The van der Waals surface area contributed by atoms with Crippen LogP contribution in [0.25, 0.3) is 22.0 Å². The summed E-state index contributed by atoms with van der Waals surface area (Å²) in [5, 5.41) is 12.6. The van der Waals surface area contributed by atoms with Crippen LogP contribution in [0, 0.1) is 5.92 Å². The normalized spacial score (nSPS) is 17.5. The Morgan fingerprint density at radius 2 is 1.83 bits per heavy atom. The molecule has 3 heterocycles. The number of nitrogens with zero attached hydrogens (tertiary/aromatic N) is 3. The molecule has 1 aliphatic carbocycles. The summed E-state index contributed by atoms with van der Waals surface area (Å²) in [6.45, 7) is 6.29. The van der Waals surface area contributed by atoms with Crippen molar-refractivity contribution in [3.05, 3.63) is 55.1 Å².